The van der Waals surface area contributed by atoms with Crippen molar-refractivity contribution in [1.29, 1.82) is 0 Å². The van der Waals surface area contributed by atoms with E-state index in [0.29, 0.717) is 17.3 Å². The molecule has 1 atom stereocenters. The van der Waals surface area contributed by atoms with Crippen molar-refractivity contribution in [2.75, 3.05) is 42.5 Å². The van der Waals surface area contributed by atoms with E-state index in [-0.39, 0.29) is 18.5 Å². The fraction of sp³-hybridized carbons (Fsp3) is 0.333. The molecular formula is C21H24N6O3S. The van der Waals surface area contributed by atoms with E-state index in [1.54, 1.807) is 11.4 Å². The Bertz CT molecular complexity index is 1120. The molecule has 31 heavy (non-hydrogen) atoms. The summed E-state index contributed by atoms with van der Waals surface area (Å²) >= 11 is 1.51. The molecule has 162 valence electrons. The molecule has 1 saturated heterocycles. The summed E-state index contributed by atoms with van der Waals surface area (Å²) in [4.78, 5) is 32.7. The van der Waals surface area contributed by atoms with Gasteiger partial charge in [0.25, 0.3) is 5.91 Å². The van der Waals surface area contributed by atoms with Crippen molar-refractivity contribution in [2.45, 2.75) is 13.0 Å². The number of para-hydroxylation sites is 1. The van der Waals surface area contributed by atoms with Gasteiger partial charge in [0.15, 0.2) is 5.65 Å². The number of nitrogens with zero attached hydrogens (tertiary/aromatic N) is 5. The van der Waals surface area contributed by atoms with E-state index >= 15 is 0 Å². The van der Waals surface area contributed by atoms with Crippen LogP contribution in [0.2, 0.25) is 0 Å². The van der Waals surface area contributed by atoms with Gasteiger partial charge in [0, 0.05) is 42.9 Å². The third-order valence-corrected chi connectivity index (χ3v) is 5.96. The molecule has 0 saturated carbocycles. The lowest BCUT2D eigenvalue weighted by Gasteiger charge is -2.21. The number of hydrogen-bond donors (Lipinski definition) is 1. The Labute approximate surface area is 184 Å². The normalized spacial score (nSPS) is 15.8. The van der Waals surface area contributed by atoms with Crippen molar-refractivity contribution < 1.29 is 14.3 Å². The van der Waals surface area contributed by atoms with Crippen LogP contribution in [0.1, 0.15) is 6.92 Å². The molecule has 2 amide bonds. The molecule has 1 N–H and O–H groups in total. The molecule has 0 aliphatic carbocycles. The quantitative estimate of drug-likeness (QED) is 0.652. The lowest BCUT2D eigenvalue weighted by atomic mass is 10.1. The minimum atomic E-state index is -0.613. The van der Waals surface area contributed by atoms with E-state index in [1.165, 1.54) is 16.7 Å². The first-order valence-corrected chi connectivity index (χ1v) is 11.1. The summed E-state index contributed by atoms with van der Waals surface area (Å²) in [6.07, 6.45) is 1.40. The van der Waals surface area contributed by atoms with Gasteiger partial charge in [0.2, 0.25) is 5.95 Å². The predicted octanol–water partition coefficient (Wildman–Crippen LogP) is 2.93. The summed E-state index contributed by atoms with van der Waals surface area (Å²) in [5.74, 6) is 0.795. The number of rotatable bonds is 5. The van der Waals surface area contributed by atoms with Crippen LogP contribution in [0.5, 0.6) is 0 Å². The smallest absolute Gasteiger partial charge is 0.411 e. The second-order valence-corrected chi connectivity index (χ2v) is 8.24. The molecule has 9 nitrogen and oxygen atoms in total. The van der Waals surface area contributed by atoms with Gasteiger partial charge < -0.3 is 9.64 Å². The summed E-state index contributed by atoms with van der Waals surface area (Å²) in [6.45, 7) is 2.00. The number of benzene rings is 1. The zero-order chi connectivity index (χ0) is 22.0. The number of carbonyl (C=O) groups excluding carboxylic acids is 2. The van der Waals surface area contributed by atoms with E-state index in [0.717, 1.165) is 16.8 Å². The van der Waals surface area contributed by atoms with Crippen molar-refractivity contribution in [3.63, 3.8) is 0 Å². The monoisotopic (exact) mass is 440 g/mol. The van der Waals surface area contributed by atoms with Crippen LogP contribution in [0, 0.1) is 0 Å². The number of aromatic nitrogens is 3. The maximum atomic E-state index is 12.8. The minimum absolute atomic E-state index is 0.198. The summed E-state index contributed by atoms with van der Waals surface area (Å²) in [5, 5.41) is 7.15. The Hall–Kier alpha value is -3.27. The van der Waals surface area contributed by atoms with E-state index in [9.17, 15) is 9.59 Å². The predicted molar refractivity (Wildman–Crippen MR) is 121 cm³/mol. The summed E-state index contributed by atoms with van der Waals surface area (Å²) in [5.41, 5.74) is 3.77. The van der Waals surface area contributed by atoms with E-state index < -0.39 is 12.1 Å². The van der Waals surface area contributed by atoms with Crippen LogP contribution >= 0.6 is 11.8 Å². The standard InChI is InChI=1S/C21H24N6O3S/c1-4-30-21(29)26-13-31-12-17(26)19(28)23-20-22-18-10-9-14(11-27(18)24-20)15-7-5-6-8-16(15)25(2)3/h5-11,17H,4,12-13H2,1-3H3,(H,23,24,28)/t17-/m1/s1. The molecule has 4 rings (SSSR count). The van der Waals surface area contributed by atoms with Gasteiger partial charge in [-0.05, 0) is 25.1 Å². The Morgan fingerprint density at radius 3 is 2.84 bits per heavy atom. The average molecular weight is 441 g/mol. The first-order chi connectivity index (χ1) is 15.0. The number of pyridine rings is 1. The van der Waals surface area contributed by atoms with Gasteiger partial charge in [-0.1, -0.05) is 18.2 Å². The molecule has 10 heteroatoms. The van der Waals surface area contributed by atoms with Crippen LogP contribution < -0.4 is 10.2 Å². The van der Waals surface area contributed by atoms with Gasteiger partial charge in [0.05, 0.1) is 12.5 Å². The Kier molecular flexibility index (Phi) is 5.99. The second kappa shape index (κ2) is 8.84. The second-order valence-electron chi connectivity index (χ2n) is 7.24. The number of hydrogen-bond acceptors (Lipinski definition) is 7. The Balaban J connectivity index is 1.55. The summed E-state index contributed by atoms with van der Waals surface area (Å²) in [7, 11) is 4.00. The third-order valence-electron chi connectivity index (χ3n) is 4.95. The molecule has 1 aliphatic heterocycles. The Morgan fingerprint density at radius 2 is 2.06 bits per heavy atom. The van der Waals surface area contributed by atoms with Gasteiger partial charge in [-0.2, -0.15) is 4.98 Å². The SMILES string of the molecule is CCOC(=O)N1CSC[C@@H]1C(=O)Nc1nc2ccc(-c3ccccc3N(C)C)cn2n1. The molecule has 1 aliphatic rings. The summed E-state index contributed by atoms with van der Waals surface area (Å²) in [6, 6.07) is 11.3. The van der Waals surface area contributed by atoms with Gasteiger partial charge in [0.1, 0.15) is 6.04 Å². The van der Waals surface area contributed by atoms with Crippen LogP contribution in [0.4, 0.5) is 16.4 Å². The molecule has 0 spiro atoms. The van der Waals surface area contributed by atoms with Crippen LogP contribution in [0.25, 0.3) is 16.8 Å². The van der Waals surface area contributed by atoms with Gasteiger partial charge in [-0.15, -0.1) is 16.9 Å². The average Bonchev–Trinajstić information content (AvgIpc) is 3.40. The van der Waals surface area contributed by atoms with E-state index in [1.807, 2.05) is 44.6 Å². The van der Waals surface area contributed by atoms with Crippen molar-refractivity contribution in [3.05, 3.63) is 42.6 Å². The molecule has 0 radical (unpaired) electrons. The van der Waals surface area contributed by atoms with Crippen LogP contribution in [0.15, 0.2) is 42.6 Å². The van der Waals surface area contributed by atoms with Crippen LogP contribution in [-0.2, 0) is 9.53 Å². The third kappa shape index (κ3) is 4.29. The number of anilines is 2. The van der Waals surface area contributed by atoms with E-state index in [4.69, 9.17) is 4.74 Å². The molecule has 0 bridgehead atoms. The maximum Gasteiger partial charge on any atom is 0.411 e. The zero-order valence-electron chi connectivity index (χ0n) is 17.6. The number of carbonyl (C=O) groups is 2. The van der Waals surface area contributed by atoms with E-state index in [2.05, 4.69) is 32.4 Å². The molecule has 1 fully saturated rings. The van der Waals surface area contributed by atoms with Crippen LogP contribution in [0.3, 0.4) is 0 Å². The van der Waals surface area contributed by atoms with Crippen molar-refractivity contribution in [3.8, 4) is 11.1 Å². The zero-order valence-corrected chi connectivity index (χ0v) is 18.4. The lowest BCUT2D eigenvalue weighted by Crippen LogP contribution is -2.44. The fourth-order valence-corrected chi connectivity index (χ4v) is 4.58. The highest BCUT2D eigenvalue weighted by Gasteiger charge is 2.36. The summed E-state index contributed by atoms with van der Waals surface area (Å²) < 4.78 is 6.68. The van der Waals surface area contributed by atoms with Gasteiger partial charge >= 0.3 is 6.09 Å². The highest BCUT2D eigenvalue weighted by molar-refractivity contribution is 7.99. The molecule has 3 aromatic rings. The van der Waals surface area contributed by atoms with Crippen molar-refractivity contribution >= 4 is 41.0 Å². The van der Waals surface area contributed by atoms with Gasteiger partial charge in [-0.3, -0.25) is 15.0 Å². The van der Waals surface area contributed by atoms with Gasteiger partial charge in [-0.25, -0.2) is 9.31 Å². The molecule has 2 aromatic heterocycles. The highest BCUT2D eigenvalue weighted by Crippen LogP contribution is 2.29. The molecule has 1 aromatic carbocycles. The highest BCUT2D eigenvalue weighted by atomic mass is 32.2. The number of thioether (sulfide) groups is 1. The lowest BCUT2D eigenvalue weighted by molar-refractivity contribution is -0.119. The Morgan fingerprint density at radius 1 is 1.26 bits per heavy atom. The largest absolute Gasteiger partial charge is 0.450 e. The fourth-order valence-electron chi connectivity index (χ4n) is 3.44. The minimum Gasteiger partial charge on any atom is -0.450 e. The van der Waals surface area contributed by atoms with Crippen molar-refractivity contribution in [2.24, 2.45) is 0 Å². The molecule has 0 unspecified atom stereocenters. The number of amides is 2. The van der Waals surface area contributed by atoms with Crippen LogP contribution in [-0.4, -0.2) is 69.9 Å². The first-order valence-electron chi connectivity index (χ1n) is 9.93. The number of fused-ring (bicyclic) bond motifs is 1. The van der Waals surface area contributed by atoms with Crippen molar-refractivity contribution in [1.82, 2.24) is 19.5 Å². The molecular weight excluding hydrogens is 416 g/mol. The number of nitrogens with one attached hydrogen (secondary N) is 1. The molecule has 3 heterocycles. The number of ether oxygens (including phenoxy) is 1. The maximum absolute atomic E-state index is 12.8. The first kappa shape index (κ1) is 21.0. The topological polar surface area (TPSA) is 92.1 Å².